The van der Waals surface area contributed by atoms with Crippen LogP contribution in [0.2, 0.25) is 0 Å². The third-order valence-corrected chi connectivity index (χ3v) is 4.56. The van der Waals surface area contributed by atoms with Gasteiger partial charge in [-0.25, -0.2) is 4.57 Å². The van der Waals surface area contributed by atoms with Crippen LogP contribution < -0.4 is 5.73 Å². The van der Waals surface area contributed by atoms with Gasteiger partial charge in [0, 0.05) is 12.5 Å². The lowest BCUT2D eigenvalue weighted by Gasteiger charge is -2.26. The molecule has 1 atom stereocenters. The van der Waals surface area contributed by atoms with E-state index in [1.54, 1.807) is 0 Å². The summed E-state index contributed by atoms with van der Waals surface area (Å²) in [5.41, 5.74) is 5.57. The molecule has 8 nitrogen and oxygen atoms in total. The number of aliphatic hydroxyl groups is 1. The van der Waals surface area contributed by atoms with Gasteiger partial charge in [0.15, 0.2) is 0 Å². The first-order valence-corrected chi connectivity index (χ1v) is 10.4. The molecule has 0 saturated carbocycles. The number of unbranched alkanes of at least 4 members (excludes halogenated alkanes) is 5. The molecule has 1 aromatic rings. The topological polar surface area (TPSA) is 139 Å². The van der Waals surface area contributed by atoms with Crippen molar-refractivity contribution in [3.63, 3.8) is 0 Å². The molecule has 0 aliphatic carbocycles. The number of hydrogen-bond donors (Lipinski definition) is 4. The summed E-state index contributed by atoms with van der Waals surface area (Å²) in [6.45, 7) is 1.31. The first-order chi connectivity index (χ1) is 11.8. The number of aliphatic hydroxyl groups excluding tert-OH is 1. The van der Waals surface area contributed by atoms with Crippen LogP contribution in [-0.2, 0) is 21.9 Å². The van der Waals surface area contributed by atoms with Crippen LogP contribution in [0.15, 0.2) is 10.6 Å². The van der Waals surface area contributed by atoms with Crippen LogP contribution in [0, 0.1) is 0 Å². The van der Waals surface area contributed by atoms with Crippen molar-refractivity contribution < 1.29 is 28.5 Å². The van der Waals surface area contributed by atoms with Gasteiger partial charge < -0.3 is 25.2 Å². The highest BCUT2D eigenvalue weighted by atomic mass is 31.2. The molecule has 5 N–H and O–H groups in total. The Morgan fingerprint density at radius 2 is 1.92 bits per heavy atom. The van der Waals surface area contributed by atoms with Crippen molar-refractivity contribution in [2.75, 3.05) is 13.2 Å². The molecule has 0 radical (unpaired) electrons. The number of phosphoric acid groups is 1. The Hall–Kier alpha value is -0.760. The number of nitrogens with two attached hydrogens (primary N) is 1. The summed E-state index contributed by atoms with van der Waals surface area (Å²) in [4.78, 5) is 17.5. The van der Waals surface area contributed by atoms with E-state index >= 15 is 0 Å². The van der Waals surface area contributed by atoms with Crippen LogP contribution in [0.5, 0.6) is 0 Å². The highest BCUT2D eigenvalue weighted by molar-refractivity contribution is 7.46. The Morgan fingerprint density at radius 3 is 2.56 bits per heavy atom. The van der Waals surface area contributed by atoms with Crippen LogP contribution in [0.25, 0.3) is 0 Å². The number of phosphoric ester groups is 1. The second-order valence-electron chi connectivity index (χ2n) is 6.59. The van der Waals surface area contributed by atoms with E-state index in [1.807, 2.05) is 6.07 Å². The molecule has 1 rings (SSSR count). The van der Waals surface area contributed by atoms with Crippen LogP contribution in [0.1, 0.15) is 63.3 Å². The van der Waals surface area contributed by atoms with Gasteiger partial charge in [0.1, 0.15) is 5.76 Å². The molecule has 0 aromatic carbocycles. The van der Waals surface area contributed by atoms with Gasteiger partial charge in [-0.3, -0.25) is 4.52 Å². The molecule has 0 aliphatic rings. The van der Waals surface area contributed by atoms with Crippen molar-refractivity contribution in [1.29, 1.82) is 0 Å². The van der Waals surface area contributed by atoms with Crippen molar-refractivity contribution >= 4 is 7.82 Å². The zero-order chi connectivity index (χ0) is 18.8. The van der Waals surface area contributed by atoms with Gasteiger partial charge in [-0.2, -0.15) is 0 Å². The molecule has 9 heteroatoms. The molecule has 0 spiro atoms. The van der Waals surface area contributed by atoms with Crippen molar-refractivity contribution in [2.45, 2.75) is 70.3 Å². The number of nitrogens with zero attached hydrogens (tertiary/aromatic N) is 1. The van der Waals surface area contributed by atoms with E-state index in [9.17, 15) is 9.67 Å². The second kappa shape index (κ2) is 11.1. The Bertz CT molecular complexity index is 532. The quantitative estimate of drug-likeness (QED) is 0.286. The fourth-order valence-electron chi connectivity index (χ4n) is 2.46. The zero-order valence-electron chi connectivity index (χ0n) is 14.9. The molecule has 0 bridgehead atoms. The van der Waals surface area contributed by atoms with Gasteiger partial charge in [-0.1, -0.05) is 44.2 Å². The van der Waals surface area contributed by atoms with E-state index in [-0.39, 0.29) is 6.42 Å². The van der Waals surface area contributed by atoms with Crippen molar-refractivity contribution in [3.05, 3.63) is 17.5 Å². The lowest BCUT2D eigenvalue weighted by molar-refractivity contribution is 0.101. The molecule has 0 amide bonds. The van der Waals surface area contributed by atoms with Gasteiger partial charge in [-0.05, 0) is 19.3 Å². The van der Waals surface area contributed by atoms with Crippen LogP contribution in [0.4, 0.5) is 0 Å². The Kier molecular flexibility index (Phi) is 9.86. The molecule has 0 saturated heterocycles. The highest BCUT2D eigenvalue weighted by Crippen LogP contribution is 2.36. The maximum atomic E-state index is 10.8. The van der Waals surface area contributed by atoms with E-state index in [2.05, 4.69) is 16.6 Å². The minimum atomic E-state index is -4.62. The Morgan fingerprint density at radius 1 is 1.24 bits per heavy atom. The zero-order valence-corrected chi connectivity index (χ0v) is 15.8. The molecule has 146 valence electrons. The van der Waals surface area contributed by atoms with E-state index in [0.717, 1.165) is 18.5 Å². The maximum Gasteiger partial charge on any atom is 0.469 e. The Balaban J connectivity index is 2.34. The molecule has 0 fully saturated rings. The van der Waals surface area contributed by atoms with Gasteiger partial charge in [0.05, 0.1) is 24.4 Å². The number of rotatable bonds is 14. The van der Waals surface area contributed by atoms with Gasteiger partial charge in [0.2, 0.25) is 0 Å². The average Bonchev–Trinajstić information content (AvgIpc) is 3.02. The van der Waals surface area contributed by atoms with E-state index in [0.29, 0.717) is 12.2 Å². The summed E-state index contributed by atoms with van der Waals surface area (Å²) in [6, 6.07) is 1.87. The van der Waals surface area contributed by atoms with Crippen molar-refractivity contribution in [1.82, 2.24) is 5.16 Å². The summed E-state index contributed by atoms with van der Waals surface area (Å²) in [5, 5.41) is 13.4. The predicted octanol–water partition coefficient (Wildman–Crippen LogP) is 2.31. The lowest BCUT2D eigenvalue weighted by atomic mass is 9.96. The summed E-state index contributed by atoms with van der Waals surface area (Å²) in [5.74, 6) is 0.639. The fourth-order valence-corrected chi connectivity index (χ4v) is 2.88. The molecular weight excluding hydrogens is 347 g/mol. The maximum absolute atomic E-state index is 10.8. The third-order valence-electron chi connectivity index (χ3n) is 4.10. The highest BCUT2D eigenvalue weighted by Gasteiger charge is 2.29. The normalized spacial score (nSPS) is 14.6. The first kappa shape index (κ1) is 22.3. The summed E-state index contributed by atoms with van der Waals surface area (Å²) in [6.07, 6.45) is 8.82. The molecule has 0 aliphatic heterocycles. The monoisotopic (exact) mass is 378 g/mol. The average molecular weight is 378 g/mol. The standard InChI is InChI=1S/C16H31N2O6P/c1-2-3-4-5-6-7-8-14-11-15(24-18-14)9-10-16(17,12-19)13-23-25(20,21)22/h11,19H,2-10,12-13,17H2,1H3,(H2,20,21,22). The summed E-state index contributed by atoms with van der Waals surface area (Å²) < 4.78 is 20.4. The van der Waals surface area contributed by atoms with Gasteiger partial charge in [-0.15, -0.1) is 0 Å². The van der Waals surface area contributed by atoms with Crippen molar-refractivity contribution in [3.8, 4) is 0 Å². The molecular formula is C16H31N2O6P. The fraction of sp³-hybridized carbons (Fsp3) is 0.812. The van der Waals surface area contributed by atoms with E-state index in [1.165, 1.54) is 32.1 Å². The third kappa shape index (κ3) is 10.1. The summed E-state index contributed by atoms with van der Waals surface area (Å²) >= 11 is 0. The van der Waals surface area contributed by atoms with E-state index < -0.39 is 26.6 Å². The minimum Gasteiger partial charge on any atom is -0.394 e. The smallest absolute Gasteiger partial charge is 0.394 e. The minimum absolute atomic E-state index is 0.259. The van der Waals surface area contributed by atoms with Gasteiger partial charge >= 0.3 is 7.82 Å². The van der Waals surface area contributed by atoms with Crippen molar-refractivity contribution in [2.24, 2.45) is 5.73 Å². The number of aromatic nitrogens is 1. The van der Waals surface area contributed by atoms with Crippen LogP contribution in [-0.4, -0.2) is 38.8 Å². The Labute approximate surface area is 149 Å². The predicted molar refractivity (Wildman–Crippen MR) is 93.9 cm³/mol. The molecule has 1 aromatic heterocycles. The number of aryl methyl sites for hydroxylation is 2. The SMILES string of the molecule is CCCCCCCCc1cc(CCC(N)(CO)COP(=O)(O)O)on1. The first-order valence-electron chi connectivity index (χ1n) is 8.82. The largest absolute Gasteiger partial charge is 0.469 e. The second-order valence-corrected chi connectivity index (χ2v) is 7.83. The van der Waals surface area contributed by atoms with Gasteiger partial charge in [0.25, 0.3) is 0 Å². The molecule has 1 heterocycles. The molecule has 25 heavy (non-hydrogen) atoms. The van der Waals surface area contributed by atoms with Crippen LogP contribution >= 0.6 is 7.82 Å². The summed E-state index contributed by atoms with van der Waals surface area (Å²) in [7, 11) is -4.62. The molecule has 1 unspecified atom stereocenters. The van der Waals surface area contributed by atoms with Crippen LogP contribution in [0.3, 0.4) is 0 Å². The lowest BCUT2D eigenvalue weighted by Crippen LogP contribution is -2.48. The number of hydrogen-bond acceptors (Lipinski definition) is 6. The van der Waals surface area contributed by atoms with E-state index in [4.69, 9.17) is 20.0 Å².